The molecule has 1 fully saturated rings. The van der Waals surface area contributed by atoms with Gasteiger partial charge in [0.05, 0.1) is 0 Å². The molecule has 180 valence electrons. The van der Waals surface area contributed by atoms with E-state index in [0.29, 0.717) is 18.4 Å². The van der Waals surface area contributed by atoms with E-state index in [1.54, 1.807) is 48.5 Å². The van der Waals surface area contributed by atoms with E-state index in [1.807, 2.05) is 6.92 Å². The number of aromatic hydroxyl groups is 1. The number of carbonyl (C=O) groups excluding carboxylic acids is 2. The number of Topliss-reactive ketones (excluding diaryl/α,β-unsaturated/α-hetero) is 1. The van der Waals surface area contributed by atoms with Gasteiger partial charge in [0.15, 0.2) is 5.78 Å². The molecule has 0 bridgehead atoms. The summed E-state index contributed by atoms with van der Waals surface area (Å²) in [5.74, 6) is -3.50. The second kappa shape index (κ2) is 11.4. The molecule has 0 saturated carbocycles. The number of hydrogen-bond donors (Lipinski definition) is 4. The topological polar surface area (TPSA) is 153 Å². The third kappa shape index (κ3) is 6.41. The van der Waals surface area contributed by atoms with E-state index in [9.17, 15) is 19.2 Å². The number of carboxylic acids is 2. The second-order valence-corrected chi connectivity index (χ2v) is 7.93. The minimum atomic E-state index is -1.11. The van der Waals surface area contributed by atoms with E-state index in [-0.39, 0.29) is 30.4 Å². The molecule has 2 aliphatic rings. The van der Waals surface area contributed by atoms with Crippen molar-refractivity contribution in [3.05, 3.63) is 65.2 Å². The number of phenols is 1. The number of halogens is 1. The Balaban J connectivity index is 0.000000237. The van der Waals surface area contributed by atoms with Crippen LogP contribution in [0.5, 0.6) is 5.75 Å². The van der Waals surface area contributed by atoms with Crippen molar-refractivity contribution in [2.45, 2.75) is 38.3 Å². The normalized spacial score (nSPS) is 20.8. The van der Waals surface area contributed by atoms with E-state index >= 15 is 0 Å². The average molecular weight is 489 g/mol. The summed E-state index contributed by atoms with van der Waals surface area (Å²) in [5, 5.41) is 29.0. The zero-order chi connectivity index (χ0) is 24.1. The molecule has 10 heteroatoms. The zero-order valence-corrected chi connectivity index (χ0v) is 19.1. The number of aryl methyl sites for hydroxylation is 1. The van der Waals surface area contributed by atoms with Gasteiger partial charge in [-0.1, -0.05) is 29.8 Å². The number of nitrogens with zero attached hydrogens (tertiary/aromatic N) is 1. The highest BCUT2D eigenvalue weighted by atomic mass is 35.5. The molecule has 3 atom stereocenters. The van der Waals surface area contributed by atoms with E-state index < -0.39 is 35.8 Å². The molecule has 0 spiro atoms. The lowest BCUT2D eigenvalue weighted by Crippen LogP contribution is -2.33. The molecule has 2 aromatic carbocycles. The fourth-order valence-corrected chi connectivity index (χ4v) is 3.62. The fourth-order valence-electron chi connectivity index (χ4n) is 3.62. The molecule has 2 heterocycles. The van der Waals surface area contributed by atoms with Crippen molar-refractivity contribution in [3.8, 4) is 5.75 Å². The van der Waals surface area contributed by atoms with Crippen LogP contribution in [0.1, 0.15) is 40.7 Å². The number of ketones is 1. The first kappa shape index (κ1) is 26.5. The summed E-state index contributed by atoms with van der Waals surface area (Å²) in [4.78, 5) is 49.2. The maximum atomic E-state index is 12.1. The lowest BCUT2D eigenvalue weighted by molar-refractivity contribution is -0.140. The predicted molar refractivity (Wildman–Crippen MR) is 126 cm³/mol. The Hall–Kier alpha value is -3.72. The number of benzene rings is 2. The molecule has 1 saturated heterocycles. The van der Waals surface area contributed by atoms with Gasteiger partial charge in [-0.2, -0.15) is 0 Å². The Morgan fingerprint density at radius 1 is 0.971 bits per heavy atom. The summed E-state index contributed by atoms with van der Waals surface area (Å²) in [7, 11) is 0. The maximum absolute atomic E-state index is 12.1. The standard InChI is InChI=1S/C13H13NO4.C11H11NO3.ClH/c1-7-2-4-8(5-3-7)11(15)9-6-10(13(17)18)14-12(9)16;13-8-3-1-7(2-4-8)9-5-6-10(12-9)11(14)15;/h2-5,9-10H,6H2,1H3,(H,14,16)(H,17,18);1-4,10,13H,5-6H2,(H,14,15);1H/t9?,10-;10-;/m00./s1. The average Bonchev–Trinajstić information content (AvgIpc) is 3.42. The molecule has 4 N–H and O–H groups in total. The van der Waals surface area contributed by atoms with Crippen molar-refractivity contribution < 1.29 is 34.5 Å². The highest BCUT2D eigenvalue weighted by molar-refractivity contribution is 6.12. The van der Waals surface area contributed by atoms with Gasteiger partial charge in [-0.05, 0) is 56.0 Å². The number of phenolic OH excluding ortho intramolecular Hbond substituents is 1. The first-order valence-electron chi connectivity index (χ1n) is 10.4. The number of hydrogen-bond acceptors (Lipinski definition) is 6. The number of carboxylic acid groups (broad SMARTS) is 2. The van der Waals surface area contributed by atoms with Gasteiger partial charge in [0.25, 0.3) is 0 Å². The Morgan fingerprint density at radius 3 is 2.09 bits per heavy atom. The van der Waals surface area contributed by atoms with E-state index in [1.165, 1.54) is 0 Å². The fraction of sp³-hybridized carbons (Fsp3) is 0.292. The third-order valence-electron chi connectivity index (χ3n) is 5.51. The SMILES string of the molecule is Cc1ccc(C(=O)C2C[C@@H](C(=O)O)NC2=O)cc1.Cl.O=C(O)[C@@H]1CCC(c2ccc(O)cc2)=N1. The smallest absolute Gasteiger partial charge is 0.328 e. The van der Waals surface area contributed by atoms with Crippen LogP contribution in [0.4, 0.5) is 0 Å². The van der Waals surface area contributed by atoms with Crippen LogP contribution in [0.25, 0.3) is 0 Å². The molecule has 0 aromatic heterocycles. The van der Waals surface area contributed by atoms with Crippen LogP contribution in [-0.2, 0) is 14.4 Å². The maximum Gasteiger partial charge on any atom is 0.328 e. The first-order valence-corrected chi connectivity index (χ1v) is 10.4. The minimum Gasteiger partial charge on any atom is -0.508 e. The van der Waals surface area contributed by atoms with Crippen molar-refractivity contribution >= 4 is 41.7 Å². The van der Waals surface area contributed by atoms with E-state index in [4.69, 9.17) is 15.3 Å². The van der Waals surface area contributed by atoms with Gasteiger partial charge in [0.2, 0.25) is 5.91 Å². The van der Waals surface area contributed by atoms with Crippen LogP contribution in [0.15, 0.2) is 53.5 Å². The van der Waals surface area contributed by atoms with Gasteiger partial charge >= 0.3 is 11.9 Å². The largest absolute Gasteiger partial charge is 0.508 e. The van der Waals surface area contributed by atoms with Crippen LogP contribution >= 0.6 is 12.4 Å². The third-order valence-corrected chi connectivity index (χ3v) is 5.51. The summed E-state index contributed by atoms with van der Waals surface area (Å²) in [6, 6.07) is 12.0. The molecule has 2 aliphatic heterocycles. The number of amides is 1. The molecule has 0 aliphatic carbocycles. The van der Waals surface area contributed by atoms with Crippen LogP contribution in [0.3, 0.4) is 0 Å². The van der Waals surface area contributed by atoms with Gasteiger partial charge < -0.3 is 20.6 Å². The lowest BCUT2D eigenvalue weighted by Gasteiger charge is -2.06. The van der Waals surface area contributed by atoms with Crippen LogP contribution in [-0.4, -0.2) is 56.7 Å². The summed E-state index contributed by atoms with van der Waals surface area (Å²) >= 11 is 0. The molecule has 1 unspecified atom stereocenters. The highest BCUT2D eigenvalue weighted by Crippen LogP contribution is 2.22. The molecule has 9 nitrogen and oxygen atoms in total. The van der Waals surface area contributed by atoms with E-state index in [2.05, 4.69) is 10.3 Å². The lowest BCUT2D eigenvalue weighted by atomic mass is 9.94. The first-order chi connectivity index (χ1) is 15.7. The number of carbonyl (C=O) groups is 4. The minimum absolute atomic E-state index is 0. The van der Waals surface area contributed by atoms with Crippen molar-refractivity contribution in [1.29, 1.82) is 0 Å². The van der Waals surface area contributed by atoms with Crippen LogP contribution in [0, 0.1) is 12.8 Å². The highest BCUT2D eigenvalue weighted by Gasteiger charge is 2.40. The number of rotatable bonds is 5. The van der Waals surface area contributed by atoms with Gasteiger partial charge in [-0.3, -0.25) is 14.6 Å². The van der Waals surface area contributed by atoms with Crippen molar-refractivity contribution in [2.75, 3.05) is 0 Å². The molecule has 4 rings (SSSR count). The number of aliphatic carboxylic acids is 2. The molecule has 0 radical (unpaired) electrons. The molecule has 34 heavy (non-hydrogen) atoms. The second-order valence-electron chi connectivity index (χ2n) is 7.93. The summed E-state index contributed by atoms with van der Waals surface area (Å²) < 4.78 is 0. The summed E-state index contributed by atoms with van der Waals surface area (Å²) in [6.45, 7) is 1.90. The van der Waals surface area contributed by atoms with E-state index in [0.717, 1.165) is 16.8 Å². The number of aliphatic imine (C=N–C) groups is 1. The quantitative estimate of drug-likeness (QED) is 0.372. The van der Waals surface area contributed by atoms with Crippen molar-refractivity contribution in [1.82, 2.24) is 5.32 Å². The van der Waals surface area contributed by atoms with Crippen molar-refractivity contribution in [3.63, 3.8) is 0 Å². The Bertz CT molecular complexity index is 1100. The summed E-state index contributed by atoms with van der Waals surface area (Å²) in [6.07, 6.45) is 1.26. The van der Waals surface area contributed by atoms with Gasteiger partial charge in [-0.15, -0.1) is 12.4 Å². The Kier molecular flexibility index (Phi) is 8.91. The van der Waals surface area contributed by atoms with Crippen molar-refractivity contribution in [2.24, 2.45) is 10.9 Å². The molecule has 2 aromatic rings. The monoisotopic (exact) mass is 488 g/mol. The van der Waals surface area contributed by atoms with Crippen LogP contribution < -0.4 is 5.32 Å². The molecular weight excluding hydrogens is 464 g/mol. The Labute approximate surface area is 201 Å². The zero-order valence-electron chi connectivity index (χ0n) is 18.3. The predicted octanol–water partition coefficient (Wildman–Crippen LogP) is 2.62. The van der Waals surface area contributed by atoms with Crippen LogP contribution in [0.2, 0.25) is 0 Å². The molecular formula is C24H25ClN2O7. The Morgan fingerprint density at radius 2 is 1.59 bits per heavy atom. The molecule has 1 amide bonds. The summed E-state index contributed by atoms with van der Waals surface area (Å²) in [5.41, 5.74) is 3.15. The van der Waals surface area contributed by atoms with Gasteiger partial charge in [-0.25, -0.2) is 9.59 Å². The number of nitrogens with one attached hydrogen (secondary N) is 1. The van der Waals surface area contributed by atoms with Gasteiger partial charge in [0, 0.05) is 11.3 Å². The van der Waals surface area contributed by atoms with Gasteiger partial charge in [0.1, 0.15) is 23.8 Å².